The summed E-state index contributed by atoms with van der Waals surface area (Å²) < 4.78 is 11.7. The van der Waals surface area contributed by atoms with Crippen LogP contribution in [-0.4, -0.2) is 74.1 Å². The molecule has 0 rings (SSSR count). The Labute approximate surface area is 310 Å². The molecule has 50 heavy (non-hydrogen) atoms. The third kappa shape index (κ3) is 28.0. The summed E-state index contributed by atoms with van der Waals surface area (Å²) in [6.07, 6.45) is 28.5. The van der Waals surface area contributed by atoms with E-state index in [9.17, 15) is 14.4 Å². The van der Waals surface area contributed by atoms with Crippen LogP contribution in [0.1, 0.15) is 202 Å². The SMILES string of the molecule is CCCCCCCCC(CCCCCC)C(=O)OCCN(CCOC(=O)C(CCCCCC)CCCCCCCC)C(=O)CCCN(C)CC. The summed E-state index contributed by atoms with van der Waals surface area (Å²) in [6, 6.07) is 0. The predicted molar refractivity (Wildman–Crippen MR) is 211 cm³/mol. The van der Waals surface area contributed by atoms with Crippen LogP contribution < -0.4 is 0 Å². The first-order valence-corrected chi connectivity index (χ1v) is 21.6. The molecule has 1 amide bonds. The van der Waals surface area contributed by atoms with Crippen LogP contribution in [0, 0.1) is 11.8 Å². The van der Waals surface area contributed by atoms with Crippen LogP contribution in [0.5, 0.6) is 0 Å². The number of nitrogens with zero attached hydrogens (tertiary/aromatic N) is 2. The van der Waals surface area contributed by atoms with Gasteiger partial charge in [-0.25, -0.2) is 0 Å². The summed E-state index contributed by atoms with van der Waals surface area (Å²) in [6.45, 7) is 13.9. The number of carbonyl (C=O) groups excluding carboxylic acids is 3. The fraction of sp³-hybridized carbons (Fsp3) is 0.930. The zero-order chi connectivity index (χ0) is 37.1. The van der Waals surface area contributed by atoms with Gasteiger partial charge in [0.15, 0.2) is 0 Å². The molecule has 7 heteroatoms. The van der Waals surface area contributed by atoms with Crippen molar-refractivity contribution < 1.29 is 23.9 Å². The van der Waals surface area contributed by atoms with Crippen LogP contribution in [-0.2, 0) is 23.9 Å². The van der Waals surface area contributed by atoms with Gasteiger partial charge >= 0.3 is 11.9 Å². The van der Waals surface area contributed by atoms with Crippen molar-refractivity contribution in [2.45, 2.75) is 202 Å². The van der Waals surface area contributed by atoms with Crippen molar-refractivity contribution in [1.29, 1.82) is 0 Å². The summed E-state index contributed by atoms with van der Waals surface area (Å²) in [5, 5.41) is 0. The first kappa shape index (κ1) is 48.4. The molecule has 0 aromatic heterocycles. The monoisotopic (exact) mass is 709 g/mol. The molecule has 0 aromatic carbocycles. The highest BCUT2D eigenvalue weighted by molar-refractivity contribution is 5.76. The van der Waals surface area contributed by atoms with Crippen molar-refractivity contribution in [2.75, 3.05) is 46.4 Å². The standard InChI is InChI=1S/C43H84N2O5/c1-7-12-16-20-22-26-31-39(29-24-18-14-9-3)42(47)49-37-35-45(41(46)33-28-34-44(6)11-5)36-38-50-43(48)40(30-25-19-15-10-4)32-27-23-21-17-13-8-2/h39-40H,7-38H2,1-6H3. The second kappa shape index (κ2) is 35.8. The molecule has 0 aliphatic heterocycles. The predicted octanol–water partition coefficient (Wildman–Crippen LogP) is 11.3. The average molecular weight is 709 g/mol. The van der Waals surface area contributed by atoms with E-state index in [4.69, 9.17) is 9.47 Å². The van der Waals surface area contributed by atoms with Gasteiger partial charge in [-0.1, -0.05) is 163 Å². The van der Waals surface area contributed by atoms with E-state index in [1.54, 1.807) is 4.90 Å². The molecule has 0 aliphatic carbocycles. The molecule has 0 aliphatic rings. The molecule has 7 nitrogen and oxygen atoms in total. The van der Waals surface area contributed by atoms with Crippen LogP contribution in [0.25, 0.3) is 0 Å². The van der Waals surface area contributed by atoms with E-state index in [-0.39, 0.29) is 42.9 Å². The lowest BCUT2D eigenvalue weighted by molar-refractivity contribution is -0.152. The molecule has 0 fully saturated rings. The van der Waals surface area contributed by atoms with Crippen molar-refractivity contribution >= 4 is 17.8 Å². The summed E-state index contributed by atoms with van der Waals surface area (Å²) >= 11 is 0. The zero-order valence-corrected chi connectivity index (χ0v) is 34.2. The van der Waals surface area contributed by atoms with Crippen LogP contribution in [0.3, 0.4) is 0 Å². The van der Waals surface area contributed by atoms with E-state index < -0.39 is 0 Å². The van der Waals surface area contributed by atoms with E-state index in [2.05, 4.69) is 46.6 Å². The van der Waals surface area contributed by atoms with Gasteiger partial charge in [-0.2, -0.15) is 0 Å². The molecule has 2 atom stereocenters. The Hall–Kier alpha value is -1.63. The van der Waals surface area contributed by atoms with Gasteiger partial charge in [-0.05, 0) is 52.2 Å². The van der Waals surface area contributed by atoms with E-state index >= 15 is 0 Å². The van der Waals surface area contributed by atoms with Gasteiger partial charge < -0.3 is 19.3 Å². The molecule has 0 aromatic rings. The Kier molecular flexibility index (Phi) is 34.6. The van der Waals surface area contributed by atoms with Gasteiger partial charge in [0.25, 0.3) is 0 Å². The quantitative estimate of drug-likeness (QED) is 0.0472. The summed E-state index contributed by atoms with van der Waals surface area (Å²) in [5.41, 5.74) is 0. The van der Waals surface area contributed by atoms with Crippen molar-refractivity contribution in [3.63, 3.8) is 0 Å². The van der Waals surface area contributed by atoms with Gasteiger partial charge in [0.2, 0.25) is 5.91 Å². The number of ether oxygens (including phenoxy) is 2. The zero-order valence-electron chi connectivity index (χ0n) is 34.2. The lowest BCUT2D eigenvalue weighted by atomic mass is 9.94. The molecule has 0 saturated carbocycles. The van der Waals surface area contributed by atoms with Gasteiger partial charge in [-0.15, -0.1) is 0 Å². The fourth-order valence-corrected chi connectivity index (χ4v) is 6.66. The molecule has 0 bridgehead atoms. The number of carbonyl (C=O) groups is 3. The molecule has 0 heterocycles. The number of rotatable bonds is 37. The summed E-state index contributed by atoms with van der Waals surface area (Å²) in [4.78, 5) is 43.9. The normalized spacial score (nSPS) is 12.6. The first-order valence-electron chi connectivity index (χ1n) is 21.6. The Morgan fingerprint density at radius 3 is 1.16 bits per heavy atom. The number of amides is 1. The minimum absolute atomic E-state index is 0.0352. The summed E-state index contributed by atoms with van der Waals surface area (Å²) in [7, 11) is 2.06. The molecule has 0 N–H and O–H groups in total. The number of unbranched alkanes of at least 4 members (excludes halogenated alkanes) is 16. The third-order valence-electron chi connectivity index (χ3n) is 10.3. The topological polar surface area (TPSA) is 76.1 Å². The molecule has 0 saturated heterocycles. The van der Waals surface area contributed by atoms with Crippen LogP contribution in [0.2, 0.25) is 0 Å². The lowest BCUT2D eigenvalue weighted by Gasteiger charge is -2.24. The highest BCUT2D eigenvalue weighted by atomic mass is 16.5. The Morgan fingerprint density at radius 2 is 0.800 bits per heavy atom. The summed E-state index contributed by atoms with van der Waals surface area (Å²) in [5.74, 6) is -0.312. The minimum Gasteiger partial charge on any atom is -0.464 e. The second-order valence-electron chi connectivity index (χ2n) is 14.9. The van der Waals surface area contributed by atoms with Gasteiger partial charge in [0, 0.05) is 6.42 Å². The molecule has 0 spiro atoms. The van der Waals surface area contributed by atoms with Crippen molar-refractivity contribution in [1.82, 2.24) is 9.80 Å². The first-order chi connectivity index (χ1) is 24.3. The minimum atomic E-state index is -0.112. The maximum atomic E-state index is 13.4. The fourth-order valence-electron chi connectivity index (χ4n) is 6.66. The maximum Gasteiger partial charge on any atom is 0.308 e. The van der Waals surface area contributed by atoms with Crippen molar-refractivity contribution in [3.05, 3.63) is 0 Å². The van der Waals surface area contributed by atoms with E-state index in [0.29, 0.717) is 19.5 Å². The van der Waals surface area contributed by atoms with Crippen LogP contribution >= 0.6 is 0 Å². The van der Waals surface area contributed by atoms with E-state index in [1.807, 2.05) is 0 Å². The molecule has 296 valence electrons. The number of hydrogen-bond acceptors (Lipinski definition) is 6. The second-order valence-corrected chi connectivity index (χ2v) is 14.9. The number of hydrogen-bond donors (Lipinski definition) is 0. The van der Waals surface area contributed by atoms with Crippen molar-refractivity contribution in [2.24, 2.45) is 11.8 Å². The van der Waals surface area contributed by atoms with Gasteiger partial charge in [0.1, 0.15) is 13.2 Å². The third-order valence-corrected chi connectivity index (χ3v) is 10.3. The van der Waals surface area contributed by atoms with E-state index in [0.717, 1.165) is 83.7 Å². The smallest absolute Gasteiger partial charge is 0.308 e. The number of esters is 2. The average Bonchev–Trinajstić information content (AvgIpc) is 3.11. The molecular weight excluding hydrogens is 624 g/mol. The van der Waals surface area contributed by atoms with Crippen molar-refractivity contribution in [3.8, 4) is 0 Å². The maximum absolute atomic E-state index is 13.4. The molecular formula is C43H84N2O5. The lowest BCUT2D eigenvalue weighted by Crippen LogP contribution is -2.38. The Bertz CT molecular complexity index is 741. The highest BCUT2D eigenvalue weighted by Gasteiger charge is 2.23. The van der Waals surface area contributed by atoms with Gasteiger partial charge in [-0.3, -0.25) is 14.4 Å². The highest BCUT2D eigenvalue weighted by Crippen LogP contribution is 2.22. The van der Waals surface area contributed by atoms with Crippen LogP contribution in [0.15, 0.2) is 0 Å². The largest absolute Gasteiger partial charge is 0.464 e. The van der Waals surface area contributed by atoms with E-state index in [1.165, 1.54) is 89.9 Å². The molecule has 0 radical (unpaired) electrons. The Balaban J connectivity index is 5.22. The Morgan fingerprint density at radius 1 is 0.460 bits per heavy atom. The van der Waals surface area contributed by atoms with Gasteiger partial charge in [0.05, 0.1) is 24.9 Å². The molecule has 2 unspecified atom stereocenters. The van der Waals surface area contributed by atoms with Crippen LogP contribution in [0.4, 0.5) is 0 Å².